The molecule has 0 radical (unpaired) electrons. The molecule has 1 aromatic carbocycles. The number of aromatic nitrogens is 2. The molecule has 33 heavy (non-hydrogen) atoms. The molecule has 1 aliphatic carbocycles. The Morgan fingerprint density at radius 2 is 1.70 bits per heavy atom. The van der Waals surface area contributed by atoms with Crippen LogP contribution in [0.1, 0.15) is 33.6 Å². The average molecular weight is 483 g/mol. The Bertz CT molecular complexity index is 1180. The van der Waals surface area contributed by atoms with Crippen LogP contribution in [0.2, 0.25) is 0 Å². The summed E-state index contributed by atoms with van der Waals surface area (Å²) in [5.41, 5.74) is -0.232. The lowest BCUT2D eigenvalue weighted by Crippen LogP contribution is -2.50. The number of piperazine rings is 1. The first kappa shape index (κ1) is 23.6. The molecule has 0 amide bonds. The van der Waals surface area contributed by atoms with Gasteiger partial charge >= 0.3 is 5.56 Å². The molecule has 1 aliphatic heterocycles. The SMILES string of the molecule is CC(C)S(=O)(=O)N1CCN(c2cnn(-c3cc(F)cc(F)c3)c(=O)c2OCC2(C)CC2)CC1. The van der Waals surface area contributed by atoms with Crippen molar-refractivity contribution >= 4 is 15.7 Å². The molecule has 2 heterocycles. The summed E-state index contributed by atoms with van der Waals surface area (Å²) in [5.74, 6) is -1.60. The summed E-state index contributed by atoms with van der Waals surface area (Å²) in [6, 6.07) is 2.77. The minimum Gasteiger partial charge on any atom is -0.486 e. The van der Waals surface area contributed by atoms with Crippen molar-refractivity contribution < 1.29 is 21.9 Å². The number of hydrogen-bond acceptors (Lipinski definition) is 6. The number of anilines is 1. The number of nitrogens with zero attached hydrogens (tertiary/aromatic N) is 4. The zero-order chi connectivity index (χ0) is 24.0. The number of sulfonamides is 1. The molecule has 0 unspecified atom stereocenters. The van der Waals surface area contributed by atoms with Gasteiger partial charge in [-0.2, -0.15) is 14.1 Å². The zero-order valence-corrected chi connectivity index (χ0v) is 19.7. The predicted molar refractivity (Wildman–Crippen MR) is 120 cm³/mol. The van der Waals surface area contributed by atoms with Gasteiger partial charge in [-0.25, -0.2) is 17.2 Å². The van der Waals surface area contributed by atoms with Crippen LogP contribution in [0, 0.1) is 17.0 Å². The van der Waals surface area contributed by atoms with E-state index in [9.17, 15) is 22.0 Å². The van der Waals surface area contributed by atoms with E-state index in [1.54, 1.807) is 13.8 Å². The van der Waals surface area contributed by atoms with Gasteiger partial charge in [-0.3, -0.25) is 4.79 Å². The largest absolute Gasteiger partial charge is 0.486 e. The smallest absolute Gasteiger partial charge is 0.316 e. The highest BCUT2D eigenvalue weighted by Crippen LogP contribution is 2.45. The van der Waals surface area contributed by atoms with Gasteiger partial charge in [0, 0.05) is 37.7 Å². The van der Waals surface area contributed by atoms with E-state index in [0.29, 0.717) is 25.4 Å². The van der Waals surface area contributed by atoms with Gasteiger partial charge in [0.25, 0.3) is 0 Å². The molecule has 0 bridgehead atoms. The van der Waals surface area contributed by atoms with Crippen molar-refractivity contribution in [1.82, 2.24) is 14.1 Å². The van der Waals surface area contributed by atoms with Gasteiger partial charge in [0.05, 0.1) is 23.7 Å². The highest BCUT2D eigenvalue weighted by atomic mass is 32.2. The maximum Gasteiger partial charge on any atom is 0.316 e. The Morgan fingerprint density at radius 3 is 2.24 bits per heavy atom. The topological polar surface area (TPSA) is 84.7 Å². The van der Waals surface area contributed by atoms with Crippen LogP contribution in [-0.4, -0.2) is 60.5 Å². The average Bonchev–Trinajstić information content (AvgIpc) is 3.49. The molecule has 1 saturated heterocycles. The molecule has 1 saturated carbocycles. The van der Waals surface area contributed by atoms with Gasteiger partial charge in [-0.1, -0.05) is 6.92 Å². The summed E-state index contributed by atoms with van der Waals surface area (Å²) in [4.78, 5) is 15.2. The standard InChI is InChI=1S/C22H28F2N4O4S/c1-15(2)33(30,31)27-8-6-26(7-9-27)19-13-25-28(18-11-16(23)10-17(24)12-18)21(29)20(19)32-14-22(3)4-5-22/h10-13,15H,4-9,14H2,1-3H3. The van der Waals surface area contributed by atoms with Crippen LogP contribution < -0.4 is 15.2 Å². The van der Waals surface area contributed by atoms with E-state index in [1.165, 1.54) is 10.5 Å². The molecule has 0 N–H and O–H groups in total. The second kappa shape index (κ2) is 8.68. The maximum atomic E-state index is 13.7. The Hall–Kier alpha value is -2.53. The molecular formula is C22H28F2N4O4S. The third kappa shape index (κ3) is 4.89. The van der Waals surface area contributed by atoms with E-state index in [2.05, 4.69) is 12.0 Å². The van der Waals surface area contributed by atoms with E-state index < -0.39 is 32.5 Å². The van der Waals surface area contributed by atoms with Crippen LogP contribution in [0.15, 0.2) is 29.2 Å². The van der Waals surface area contributed by atoms with E-state index in [-0.39, 0.29) is 29.9 Å². The summed E-state index contributed by atoms with van der Waals surface area (Å²) >= 11 is 0. The van der Waals surface area contributed by atoms with Crippen LogP contribution in [0.5, 0.6) is 5.75 Å². The fourth-order valence-electron chi connectivity index (χ4n) is 3.72. The van der Waals surface area contributed by atoms with Crippen LogP contribution in [0.25, 0.3) is 5.69 Å². The van der Waals surface area contributed by atoms with E-state index in [4.69, 9.17) is 4.74 Å². The highest BCUT2D eigenvalue weighted by Gasteiger charge is 2.39. The fraction of sp³-hybridized carbons (Fsp3) is 0.545. The van der Waals surface area contributed by atoms with E-state index in [0.717, 1.165) is 35.7 Å². The van der Waals surface area contributed by atoms with Crippen molar-refractivity contribution in [2.45, 2.75) is 38.9 Å². The predicted octanol–water partition coefficient (Wildman–Crippen LogP) is 2.55. The van der Waals surface area contributed by atoms with Crippen molar-refractivity contribution in [2.24, 2.45) is 5.41 Å². The van der Waals surface area contributed by atoms with E-state index in [1.807, 2.05) is 4.90 Å². The molecule has 2 fully saturated rings. The van der Waals surface area contributed by atoms with Gasteiger partial charge < -0.3 is 9.64 Å². The molecule has 0 spiro atoms. The van der Waals surface area contributed by atoms with Gasteiger partial charge in [0.15, 0.2) is 0 Å². The van der Waals surface area contributed by atoms with Crippen LogP contribution in [0.4, 0.5) is 14.5 Å². The Labute approximate surface area is 191 Å². The molecule has 8 nitrogen and oxygen atoms in total. The monoisotopic (exact) mass is 482 g/mol. The third-order valence-electron chi connectivity index (χ3n) is 6.21. The van der Waals surface area contributed by atoms with Crippen LogP contribution in [-0.2, 0) is 10.0 Å². The van der Waals surface area contributed by atoms with Crippen molar-refractivity contribution in [2.75, 3.05) is 37.7 Å². The normalized spacial score (nSPS) is 18.5. The number of ether oxygens (including phenoxy) is 1. The van der Waals surface area contributed by atoms with Crippen LogP contribution in [0.3, 0.4) is 0 Å². The number of rotatable bonds is 7. The van der Waals surface area contributed by atoms with Gasteiger partial charge in [0.2, 0.25) is 15.8 Å². The lowest BCUT2D eigenvalue weighted by atomic mass is 10.2. The second-order valence-electron chi connectivity index (χ2n) is 9.28. The Kier molecular flexibility index (Phi) is 6.21. The van der Waals surface area contributed by atoms with Crippen molar-refractivity contribution in [1.29, 1.82) is 0 Å². The summed E-state index contributed by atoms with van der Waals surface area (Å²) in [7, 11) is -3.37. The lowest BCUT2D eigenvalue weighted by molar-refractivity contribution is 0.242. The Morgan fingerprint density at radius 1 is 1.09 bits per heavy atom. The molecule has 1 aromatic heterocycles. The number of hydrogen-bond donors (Lipinski definition) is 0. The minimum absolute atomic E-state index is 0.00713. The van der Waals surface area contributed by atoms with Gasteiger partial charge in [-0.05, 0) is 38.8 Å². The summed E-state index contributed by atoms with van der Waals surface area (Å²) in [5, 5.41) is 3.63. The zero-order valence-electron chi connectivity index (χ0n) is 18.9. The van der Waals surface area contributed by atoms with Gasteiger partial charge in [0.1, 0.15) is 17.3 Å². The summed E-state index contributed by atoms with van der Waals surface area (Å²) in [6.45, 7) is 6.95. The first-order chi connectivity index (χ1) is 15.5. The molecule has 4 rings (SSSR count). The number of benzene rings is 1. The lowest BCUT2D eigenvalue weighted by Gasteiger charge is -2.36. The first-order valence-corrected chi connectivity index (χ1v) is 12.5. The molecular weight excluding hydrogens is 454 g/mol. The molecule has 0 atom stereocenters. The van der Waals surface area contributed by atoms with Crippen molar-refractivity contribution in [3.8, 4) is 11.4 Å². The molecule has 2 aliphatic rings. The van der Waals surface area contributed by atoms with Crippen molar-refractivity contribution in [3.05, 3.63) is 46.4 Å². The molecule has 11 heteroatoms. The van der Waals surface area contributed by atoms with E-state index >= 15 is 0 Å². The first-order valence-electron chi connectivity index (χ1n) is 11.0. The number of halogens is 2. The summed E-state index contributed by atoms with van der Waals surface area (Å²) < 4.78 is 60.8. The van der Waals surface area contributed by atoms with Gasteiger partial charge in [-0.15, -0.1) is 0 Å². The molecule has 180 valence electrons. The quantitative estimate of drug-likeness (QED) is 0.603. The Balaban J connectivity index is 1.66. The highest BCUT2D eigenvalue weighted by molar-refractivity contribution is 7.89. The molecule has 2 aromatic rings. The summed E-state index contributed by atoms with van der Waals surface area (Å²) in [6.07, 6.45) is 3.41. The maximum absolute atomic E-state index is 13.7. The minimum atomic E-state index is -3.37. The van der Waals surface area contributed by atoms with Crippen LogP contribution >= 0.6 is 0 Å². The second-order valence-corrected chi connectivity index (χ2v) is 11.8. The fourth-order valence-corrected chi connectivity index (χ4v) is 4.99. The van der Waals surface area contributed by atoms with Crippen molar-refractivity contribution in [3.63, 3.8) is 0 Å². The third-order valence-corrected chi connectivity index (χ3v) is 8.49.